The molecule has 0 radical (unpaired) electrons. The maximum atomic E-state index is 6.34. The van der Waals surface area contributed by atoms with Gasteiger partial charge in [0.1, 0.15) is 0 Å². The molecule has 1 saturated heterocycles. The third-order valence-electron chi connectivity index (χ3n) is 9.73. The topological polar surface area (TPSA) is 21.7 Å². The Morgan fingerprint density at radius 3 is 1.65 bits per heavy atom. The highest BCUT2D eigenvalue weighted by Crippen LogP contribution is 2.51. The number of ether oxygens (including phenoxy) is 2. The maximum absolute atomic E-state index is 6.34. The van der Waals surface area contributed by atoms with E-state index in [2.05, 4.69) is 168 Å². The molecule has 7 rings (SSSR count). The molecule has 43 heavy (non-hydrogen) atoms. The number of benzene rings is 5. The van der Waals surface area contributed by atoms with Crippen molar-refractivity contribution in [2.75, 3.05) is 4.90 Å². The van der Waals surface area contributed by atoms with Crippen molar-refractivity contribution in [2.45, 2.75) is 64.4 Å². The van der Waals surface area contributed by atoms with Gasteiger partial charge in [-0.15, -0.1) is 0 Å². The highest BCUT2D eigenvalue weighted by molar-refractivity contribution is 5.85. The fourth-order valence-electron chi connectivity index (χ4n) is 6.47. The summed E-state index contributed by atoms with van der Waals surface area (Å²) >= 11 is 0. The molecule has 0 amide bonds. The fraction of sp³-hybridized carbons (Fsp3) is 0.250. The van der Waals surface area contributed by atoms with Crippen LogP contribution in [0.2, 0.25) is 0 Å². The van der Waals surface area contributed by atoms with Crippen LogP contribution in [0.4, 0.5) is 17.1 Å². The smallest absolute Gasteiger partial charge is 0.185 e. The van der Waals surface area contributed by atoms with Crippen LogP contribution < -0.4 is 4.90 Å². The highest BCUT2D eigenvalue weighted by Gasteiger charge is 2.49. The van der Waals surface area contributed by atoms with Crippen LogP contribution in [0.1, 0.15) is 64.5 Å². The maximum Gasteiger partial charge on any atom is 0.185 e. The van der Waals surface area contributed by atoms with E-state index < -0.39 is 6.29 Å². The Balaban J connectivity index is 1.30. The lowest BCUT2D eigenvalue weighted by Gasteiger charge is -2.30. The molecule has 0 unspecified atom stereocenters. The average molecular weight is 566 g/mol. The van der Waals surface area contributed by atoms with Crippen molar-refractivity contribution in [2.24, 2.45) is 0 Å². The van der Waals surface area contributed by atoms with E-state index in [0.29, 0.717) is 0 Å². The Morgan fingerprint density at radius 2 is 1.00 bits per heavy atom. The van der Waals surface area contributed by atoms with Gasteiger partial charge in [0, 0.05) is 28.0 Å². The van der Waals surface area contributed by atoms with Crippen LogP contribution in [0, 0.1) is 0 Å². The lowest BCUT2D eigenvalue weighted by atomic mass is 9.82. The first kappa shape index (κ1) is 27.6. The quantitative estimate of drug-likeness (QED) is 0.212. The van der Waals surface area contributed by atoms with Crippen LogP contribution in [0.15, 0.2) is 121 Å². The minimum atomic E-state index is -0.392. The van der Waals surface area contributed by atoms with Crippen molar-refractivity contribution in [1.82, 2.24) is 0 Å². The van der Waals surface area contributed by atoms with Gasteiger partial charge in [-0.25, -0.2) is 0 Å². The molecule has 0 aromatic heterocycles. The molecule has 1 fully saturated rings. The monoisotopic (exact) mass is 565 g/mol. The number of anilines is 3. The molecular formula is C40H39NO2. The van der Waals surface area contributed by atoms with Crippen LogP contribution in [0.25, 0.3) is 22.3 Å². The first-order valence-corrected chi connectivity index (χ1v) is 15.2. The lowest BCUT2D eigenvalue weighted by Crippen LogP contribution is -2.41. The van der Waals surface area contributed by atoms with Gasteiger partial charge in [0.15, 0.2) is 6.29 Å². The molecule has 216 valence electrons. The molecule has 0 saturated carbocycles. The van der Waals surface area contributed by atoms with Gasteiger partial charge in [-0.1, -0.05) is 98.8 Å². The number of nitrogens with zero attached hydrogens (tertiary/aromatic N) is 1. The molecule has 1 heterocycles. The molecule has 0 N–H and O–H groups in total. The van der Waals surface area contributed by atoms with Gasteiger partial charge in [0.05, 0.1) is 11.2 Å². The van der Waals surface area contributed by atoms with E-state index in [0.717, 1.165) is 22.6 Å². The van der Waals surface area contributed by atoms with E-state index in [9.17, 15) is 0 Å². The van der Waals surface area contributed by atoms with Crippen molar-refractivity contribution in [3.05, 3.63) is 138 Å². The summed E-state index contributed by atoms with van der Waals surface area (Å²) in [5, 5.41) is 0. The summed E-state index contributed by atoms with van der Waals surface area (Å²) in [5.74, 6) is 0. The minimum absolute atomic E-state index is 0.0780. The van der Waals surface area contributed by atoms with Crippen LogP contribution in [-0.4, -0.2) is 11.2 Å². The second kappa shape index (κ2) is 9.94. The molecule has 2 aliphatic rings. The first-order chi connectivity index (χ1) is 20.5. The van der Waals surface area contributed by atoms with Crippen molar-refractivity contribution in [3.63, 3.8) is 0 Å². The summed E-state index contributed by atoms with van der Waals surface area (Å²) in [4.78, 5) is 2.35. The van der Waals surface area contributed by atoms with E-state index in [1.165, 1.54) is 33.4 Å². The molecule has 5 aromatic rings. The predicted octanol–water partition coefficient (Wildman–Crippen LogP) is 10.7. The molecular weight excluding hydrogens is 526 g/mol. The fourth-order valence-corrected chi connectivity index (χ4v) is 6.47. The number of rotatable bonds is 5. The van der Waals surface area contributed by atoms with Crippen molar-refractivity contribution in [1.29, 1.82) is 0 Å². The second-order valence-electron chi connectivity index (χ2n) is 13.3. The Morgan fingerprint density at radius 1 is 0.488 bits per heavy atom. The third-order valence-corrected chi connectivity index (χ3v) is 9.73. The van der Waals surface area contributed by atoms with E-state index in [1.807, 2.05) is 0 Å². The minimum Gasteiger partial charge on any atom is -0.339 e. The molecule has 3 nitrogen and oxygen atoms in total. The van der Waals surface area contributed by atoms with E-state index in [-0.39, 0.29) is 16.6 Å². The van der Waals surface area contributed by atoms with E-state index >= 15 is 0 Å². The largest absolute Gasteiger partial charge is 0.339 e. The third kappa shape index (κ3) is 4.59. The average Bonchev–Trinajstić information content (AvgIpc) is 3.38. The molecule has 0 spiro atoms. The summed E-state index contributed by atoms with van der Waals surface area (Å²) in [6.07, 6.45) is -0.392. The molecule has 0 bridgehead atoms. The zero-order chi connectivity index (χ0) is 30.0. The molecule has 5 aromatic carbocycles. The van der Waals surface area contributed by atoms with Crippen LogP contribution in [-0.2, 0) is 14.9 Å². The zero-order valence-corrected chi connectivity index (χ0v) is 25.9. The van der Waals surface area contributed by atoms with Gasteiger partial charge in [0.25, 0.3) is 0 Å². The normalized spacial score (nSPS) is 17.8. The van der Waals surface area contributed by atoms with E-state index in [1.54, 1.807) is 0 Å². The zero-order valence-electron chi connectivity index (χ0n) is 25.9. The predicted molar refractivity (Wildman–Crippen MR) is 177 cm³/mol. The van der Waals surface area contributed by atoms with Crippen molar-refractivity contribution >= 4 is 17.1 Å². The summed E-state index contributed by atoms with van der Waals surface area (Å²) in [7, 11) is 0. The Hall–Kier alpha value is -4.18. The lowest BCUT2D eigenvalue weighted by molar-refractivity contribution is -0.0895. The van der Waals surface area contributed by atoms with Crippen LogP contribution >= 0.6 is 0 Å². The van der Waals surface area contributed by atoms with Crippen LogP contribution in [0.5, 0.6) is 0 Å². The summed E-state index contributed by atoms with van der Waals surface area (Å²) in [5.41, 5.74) is 11.3. The van der Waals surface area contributed by atoms with E-state index in [4.69, 9.17) is 9.47 Å². The van der Waals surface area contributed by atoms with Crippen LogP contribution in [0.3, 0.4) is 0 Å². The van der Waals surface area contributed by atoms with Gasteiger partial charge in [-0.3, -0.25) is 0 Å². The SMILES string of the molecule is CC1(C)c2ccccc2-c2ccc(N(c3ccc(-c4ccccc4)cc3)c3ccc(C4OC(C)(C)C(C)(C)O4)cc3)cc21. The molecule has 3 heteroatoms. The molecule has 1 aliphatic heterocycles. The van der Waals surface area contributed by atoms with Gasteiger partial charge >= 0.3 is 0 Å². The Bertz CT molecular complexity index is 1770. The molecule has 0 atom stereocenters. The highest BCUT2D eigenvalue weighted by atomic mass is 16.7. The number of hydrogen-bond donors (Lipinski definition) is 0. The van der Waals surface area contributed by atoms with Crippen molar-refractivity contribution < 1.29 is 9.47 Å². The van der Waals surface area contributed by atoms with Crippen molar-refractivity contribution in [3.8, 4) is 22.3 Å². The summed E-state index contributed by atoms with van der Waals surface area (Å²) < 4.78 is 12.7. The molecule has 1 aliphatic carbocycles. The standard InChI is InChI=1S/C40H39NO2/c1-38(2)35-15-11-10-14-33(35)34-25-24-32(26-36(34)38)41(30-20-16-28(17-21-30)27-12-8-7-9-13-27)31-22-18-29(19-23-31)37-42-39(3,4)40(5,6)43-37/h7-26,37H,1-6H3. The summed E-state index contributed by atoms with van der Waals surface area (Å²) in [6.45, 7) is 13.0. The van der Waals surface area contributed by atoms with Gasteiger partial charge in [-0.2, -0.15) is 0 Å². The second-order valence-corrected chi connectivity index (χ2v) is 13.3. The Kier molecular flexibility index (Phi) is 6.39. The summed E-state index contributed by atoms with van der Waals surface area (Å²) in [6, 6.07) is 43.8. The first-order valence-electron chi connectivity index (χ1n) is 15.2. The van der Waals surface area contributed by atoms with Gasteiger partial charge in [0.2, 0.25) is 0 Å². The van der Waals surface area contributed by atoms with Gasteiger partial charge in [-0.05, 0) is 97.5 Å². The number of fused-ring (bicyclic) bond motifs is 3. The van der Waals surface area contributed by atoms with Gasteiger partial charge < -0.3 is 14.4 Å². The Labute approximate surface area is 255 Å². The number of hydrogen-bond acceptors (Lipinski definition) is 3.